The van der Waals surface area contributed by atoms with Crippen LogP contribution in [0.1, 0.15) is 71.5 Å². The van der Waals surface area contributed by atoms with E-state index in [2.05, 4.69) is 16.3 Å². The standard InChI is InChI=1S/C29H34F3N3O3/c30-29(31,32)22-6-3-5-20(16-22)28(38)33-17-27(37)35-15-13-25-26(35)12-14-34(25)23-10-8-19(9-11-23)24-7-2-1-4-21(24)18-36/h1-7,16,19,23,25-26,36H,8-15,17-18H2,(H,33,38). The van der Waals surface area contributed by atoms with E-state index >= 15 is 0 Å². The number of carbonyl (C=O) groups excluding carboxylic acids is 2. The predicted octanol–water partition coefficient (Wildman–Crippen LogP) is 4.33. The summed E-state index contributed by atoms with van der Waals surface area (Å²) in [5.74, 6) is -0.410. The number of hydrogen-bond acceptors (Lipinski definition) is 4. The highest BCUT2D eigenvalue weighted by Gasteiger charge is 2.46. The quantitative estimate of drug-likeness (QED) is 0.585. The van der Waals surface area contributed by atoms with Gasteiger partial charge in [0, 0.05) is 36.8 Å². The number of nitrogens with zero attached hydrogens (tertiary/aromatic N) is 2. The lowest BCUT2D eigenvalue weighted by Gasteiger charge is -2.38. The zero-order valence-corrected chi connectivity index (χ0v) is 21.3. The largest absolute Gasteiger partial charge is 0.416 e. The molecule has 9 heteroatoms. The molecule has 0 radical (unpaired) electrons. The molecule has 38 heavy (non-hydrogen) atoms. The van der Waals surface area contributed by atoms with Crippen molar-refractivity contribution < 1.29 is 27.9 Å². The fraction of sp³-hybridized carbons (Fsp3) is 0.517. The van der Waals surface area contributed by atoms with Gasteiger partial charge >= 0.3 is 6.18 Å². The van der Waals surface area contributed by atoms with Gasteiger partial charge in [0.25, 0.3) is 5.91 Å². The number of alkyl halides is 3. The van der Waals surface area contributed by atoms with Gasteiger partial charge in [-0.1, -0.05) is 30.3 Å². The molecular formula is C29H34F3N3O3. The van der Waals surface area contributed by atoms with Gasteiger partial charge < -0.3 is 15.3 Å². The van der Waals surface area contributed by atoms with E-state index in [1.54, 1.807) is 0 Å². The molecule has 6 nitrogen and oxygen atoms in total. The molecule has 2 aliphatic heterocycles. The fourth-order valence-corrected chi connectivity index (χ4v) is 6.77. The van der Waals surface area contributed by atoms with Crippen LogP contribution in [0.2, 0.25) is 0 Å². The van der Waals surface area contributed by atoms with E-state index in [9.17, 15) is 27.9 Å². The molecule has 5 rings (SSSR count). The lowest BCUT2D eigenvalue weighted by molar-refractivity contribution is -0.137. The first-order valence-corrected chi connectivity index (χ1v) is 13.5. The van der Waals surface area contributed by atoms with Gasteiger partial charge in [-0.15, -0.1) is 0 Å². The molecule has 204 valence electrons. The third-order valence-electron chi connectivity index (χ3n) is 8.62. The van der Waals surface area contributed by atoms with Crippen LogP contribution in [0.15, 0.2) is 48.5 Å². The Bertz CT molecular complexity index is 1160. The molecule has 3 fully saturated rings. The van der Waals surface area contributed by atoms with Crippen LogP contribution in [0.25, 0.3) is 0 Å². The second-order valence-electron chi connectivity index (χ2n) is 10.7. The number of aliphatic hydroxyl groups is 1. The highest BCUT2D eigenvalue weighted by atomic mass is 19.4. The Balaban J connectivity index is 1.13. The summed E-state index contributed by atoms with van der Waals surface area (Å²) in [5, 5.41) is 12.2. The highest BCUT2D eigenvalue weighted by Crippen LogP contribution is 2.41. The van der Waals surface area contributed by atoms with Gasteiger partial charge in [0.05, 0.1) is 18.7 Å². The first-order chi connectivity index (χ1) is 18.3. The summed E-state index contributed by atoms with van der Waals surface area (Å²) < 4.78 is 38.9. The van der Waals surface area contributed by atoms with Gasteiger partial charge in [-0.2, -0.15) is 13.2 Å². The van der Waals surface area contributed by atoms with E-state index in [0.29, 0.717) is 24.5 Å². The fourth-order valence-electron chi connectivity index (χ4n) is 6.77. The number of carbonyl (C=O) groups is 2. The molecule has 0 spiro atoms. The molecule has 2 saturated heterocycles. The van der Waals surface area contributed by atoms with Crippen LogP contribution in [0, 0.1) is 0 Å². The van der Waals surface area contributed by atoms with Crippen molar-refractivity contribution in [2.24, 2.45) is 0 Å². The van der Waals surface area contributed by atoms with Crippen molar-refractivity contribution in [1.82, 2.24) is 15.1 Å². The van der Waals surface area contributed by atoms with Crippen LogP contribution in [0.3, 0.4) is 0 Å². The molecule has 2 unspecified atom stereocenters. The minimum absolute atomic E-state index is 0.0657. The molecule has 1 aliphatic carbocycles. The van der Waals surface area contributed by atoms with Crippen LogP contribution in [-0.4, -0.2) is 64.5 Å². The average Bonchev–Trinajstić information content (AvgIpc) is 3.54. The monoisotopic (exact) mass is 529 g/mol. The molecule has 0 aromatic heterocycles. The Morgan fingerprint density at radius 2 is 1.66 bits per heavy atom. The Morgan fingerprint density at radius 3 is 2.39 bits per heavy atom. The first-order valence-electron chi connectivity index (χ1n) is 13.5. The Kier molecular flexibility index (Phi) is 7.77. The number of fused-ring (bicyclic) bond motifs is 1. The summed E-state index contributed by atoms with van der Waals surface area (Å²) >= 11 is 0. The number of amides is 2. The molecule has 1 saturated carbocycles. The third kappa shape index (κ3) is 5.45. The second kappa shape index (κ2) is 11.1. The normalized spacial score (nSPS) is 25.8. The third-order valence-corrected chi connectivity index (χ3v) is 8.62. The van der Waals surface area contributed by atoms with Crippen molar-refractivity contribution in [3.05, 3.63) is 70.8 Å². The maximum absolute atomic E-state index is 13.0. The minimum Gasteiger partial charge on any atom is -0.392 e. The van der Waals surface area contributed by atoms with E-state index in [-0.39, 0.29) is 30.7 Å². The summed E-state index contributed by atoms with van der Waals surface area (Å²) in [7, 11) is 0. The summed E-state index contributed by atoms with van der Waals surface area (Å²) in [6.45, 7) is 1.41. The summed E-state index contributed by atoms with van der Waals surface area (Å²) in [6.07, 6.45) is 1.60. The lowest BCUT2D eigenvalue weighted by Crippen LogP contribution is -2.46. The molecule has 2 N–H and O–H groups in total. The van der Waals surface area contributed by atoms with E-state index < -0.39 is 17.6 Å². The van der Waals surface area contributed by atoms with Gasteiger partial charge in [0.1, 0.15) is 0 Å². The van der Waals surface area contributed by atoms with Gasteiger partial charge in [-0.05, 0) is 73.8 Å². The van der Waals surface area contributed by atoms with E-state index in [4.69, 9.17) is 0 Å². The SMILES string of the molecule is O=C(NCC(=O)N1CCC2C1CCN2C1CCC(c2ccccc2CO)CC1)c1cccc(C(F)(F)F)c1. The van der Waals surface area contributed by atoms with Crippen molar-refractivity contribution in [3.8, 4) is 0 Å². The summed E-state index contributed by atoms with van der Waals surface area (Å²) in [5.41, 5.74) is 1.27. The van der Waals surface area contributed by atoms with Gasteiger partial charge in [-0.25, -0.2) is 0 Å². The second-order valence-corrected chi connectivity index (χ2v) is 10.7. The van der Waals surface area contributed by atoms with Crippen LogP contribution >= 0.6 is 0 Å². The Hall–Kier alpha value is -2.91. The molecule has 2 atom stereocenters. The van der Waals surface area contributed by atoms with Crippen molar-refractivity contribution >= 4 is 11.8 Å². The van der Waals surface area contributed by atoms with Crippen LogP contribution in [0.4, 0.5) is 13.2 Å². The zero-order valence-electron chi connectivity index (χ0n) is 21.3. The molecular weight excluding hydrogens is 495 g/mol. The number of likely N-dealkylation sites (tertiary alicyclic amines) is 2. The Morgan fingerprint density at radius 1 is 0.921 bits per heavy atom. The van der Waals surface area contributed by atoms with Crippen molar-refractivity contribution in [2.45, 2.75) is 75.4 Å². The predicted molar refractivity (Wildman–Crippen MR) is 136 cm³/mol. The van der Waals surface area contributed by atoms with Crippen molar-refractivity contribution in [3.63, 3.8) is 0 Å². The van der Waals surface area contributed by atoms with Crippen molar-refractivity contribution in [2.75, 3.05) is 19.6 Å². The van der Waals surface area contributed by atoms with Gasteiger partial charge in [0.15, 0.2) is 0 Å². The lowest BCUT2D eigenvalue weighted by atomic mass is 9.79. The van der Waals surface area contributed by atoms with Crippen LogP contribution in [0.5, 0.6) is 0 Å². The van der Waals surface area contributed by atoms with E-state index in [0.717, 1.165) is 62.8 Å². The van der Waals surface area contributed by atoms with Crippen molar-refractivity contribution in [1.29, 1.82) is 0 Å². The van der Waals surface area contributed by atoms with E-state index in [1.165, 1.54) is 17.7 Å². The number of nitrogens with one attached hydrogen (secondary N) is 1. The molecule has 2 aromatic rings. The number of rotatable bonds is 6. The minimum atomic E-state index is -4.53. The maximum atomic E-state index is 13.0. The number of hydrogen-bond donors (Lipinski definition) is 2. The summed E-state index contributed by atoms with van der Waals surface area (Å²) in [6, 6.07) is 13.3. The number of benzene rings is 2. The van der Waals surface area contributed by atoms with E-state index in [1.807, 2.05) is 23.1 Å². The zero-order chi connectivity index (χ0) is 26.9. The Labute approximate surface area is 220 Å². The molecule has 2 aromatic carbocycles. The van der Waals surface area contributed by atoms with Crippen LogP contribution in [-0.2, 0) is 17.6 Å². The molecule has 3 aliphatic rings. The molecule has 0 bridgehead atoms. The van der Waals surface area contributed by atoms with Crippen LogP contribution < -0.4 is 5.32 Å². The van der Waals surface area contributed by atoms with Gasteiger partial charge in [0.2, 0.25) is 5.91 Å². The molecule has 2 amide bonds. The average molecular weight is 530 g/mol. The number of halogens is 3. The summed E-state index contributed by atoms with van der Waals surface area (Å²) in [4.78, 5) is 29.8. The smallest absolute Gasteiger partial charge is 0.392 e. The van der Waals surface area contributed by atoms with Gasteiger partial charge in [-0.3, -0.25) is 14.5 Å². The molecule has 2 heterocycles. The topological polar surface area (TPSA) is 72.9 Å². The first kappa shape index (κ1) is 26.7. The maximum Gasteiger partial charge on any atom is 0.416 e. The highest BCUT2D eigenvalue weighted by molar-refractivity contribution is 5.96. The number of aliphatic hydroxyl groups excluding tert-OH is 1.